The Hall–Kier alpha value is -2.04. The minimum atomic E-state index is -0.513. The summed E-state index contributed by atoms with van der Waals surface area (Å²) in [7, 11) is 5.98. The maximum absolute atomic E-state index is 10.7. The molecule has 33 heavy (non-hydrogen) atoms. The molecule has 1 atom stereocenters. The molecule has 0 heterocycles. The van der Waals surface area contributed by atoms with Gasteiger partial charge in [-0.1, -0.05) is 12.1 Å². The van der Waals surface area contributed by atoms with Crippen LogP contribution in [-0.2, 0) is 12.0 Å². The molecule has 178 valence electrons. The quantitative estimate of drug-likeness (QED) is 0.535. The smallest absolute Gasteiger partial charge is 0.137 e. The molecule has 4 aliphatic rings. The number of methoxy groups -OCH3 is 1. The highest BCUT2D eigenvalue weighted by atomic mass is 16.5. The predicted octanol–water partition coefficient (Wildman–Crippen LogP) is 5.18. The van der Waals surface area contributed by atoms with E-state index in [1.807, 2.05) is 12.1 Å². The maximum atomic E-state index is 10.7. The van der Waals surface area contributed by atoms with Crippen LogP contribution in [0.3, 0.4) is 0 Å². The van der Waals surface area contributed by atoms with Crippen LogP contribution < -0.4 is 9.47 Å². The van der Waals surface area contributed by atoms with Crippen molar-refractivity contribution in [3.63, 3.8) is 0 Å². The van der Waals surface area contributed by atoms with Gasteiger partial charge in [0.2, 0.25) is 0 Å². The van der Waals surface area contributed by atoms with Crippen molar-refractivity contribution < 1.29 is 19.1 Å². The molecule has 0 aliphatic heterocycles. The molecule has 6 rings (SSSR count). The second-order valence-electron chi connectivity index (χ2n) is 11.8. The van der Waals surface area contributed by atoms with Gasteiger partial charge in [0.1, 0.15) is 37.3 Å². The molecule has 4 nitrogen and oxygen atoms in total. The summed E-state index contributed by atoms with van der Waals surface area (Å²) in [6, 6.07) is 17.0. The lowest BCUT2D eigenvalue weighted by Crippen LogP contribution is -2.48. The summed E-state index contributed by atoms with van der Waals surface area (Å²) in [5, 5.41) is 10.7. The molecule has 0 saturated heterocycles. The van der Waals surface area contributed by atoms with Crippen molar-refractivity contribution in [2.75, 3.05) is 34.4 Å². The highest BCUT2D eigenvalue weighted by Gasteiger charge is 2.51. The van der Waals surface area contributed by atoms with Crippen molar-refractivity contribution in [2.45, 2.75) is 56.6 Å². The fourth-order valence-corrected chi connectivity index (χ4v) is 7.47. The first kappa shape index (κ1) is 22.7. The minimum absolute atomic E-state index is 0.320. The Morgan fingerprint density at radius 2 is 1.42 bits per heavy atom. The summed E-state index contributed by atoms with van der Waals surface area (Å²) in [4.78, 5) is 0. The van der Waals surface area contributed by atoms with Gasteiger partial charge in [0.15, 0.2) is 0 Å². The Kier molecular flexibility index (Phi) is 6.17. The van der Waals surface area contributed by atoms with Crippen LogP contribution in [0.15, 0.2) is 48.5 Å². The van der Waals surface area contributed by atoms with E-state index in [9.17, 15) is 5.11 Å². The molecule has 0 unspecified atom stereocenters. The van der Waals surface area contributed by atoms with E-state index >= 15 is 0 Å². The number of quaternary nitrogens is 1. The van der Waals surface area contributed by atoms with E-state index in [-0.39, 0.29) is 0 Å². The fourth-order valence-electron chi connectivity index (χ4n) is 7.47. The molecule has 2 aromatic rings. The summed E-state index contributed by atoms with van der Waals surface area (Å²) >= 11 is 0. The number of aliphatic hydroxyl groups excluding tert-OH is 1. The second-order valence-corrected chi connectivity index (χ2v) is 11.8. The molecular weight excluding hydrogens is 410 g/mol. The van der Waals surface area contributed by atoms with E-state index < -0.39 is 6.10 Å². The van der Waals surface area contributed by atoms with Gasteiger partial charge in [-0.25, -0.2) is 0 Å². The van der Waals surface area contributed by atoms with Crippen LogP contribution in [0.5, 0.6) is 11.5 Å². The third kappa shape index (κ3) is 5.07. The average molecular weight is 451 g/mol. The van der Waals surface area contributed by atoms with Crippen LogP contribution in [0.1, 0.15) is 49.7 Å². The Labute approximate surface area is 199 Å². The average Bonchev–Trinajstić information content (AvgIpc) is 2.77. The van der Waals surface area contributed by atoms with Crippen LogP contribution in [0.25, 0.3) is 0 Å². The van der Waals surface area contributed by atoms with Gasteiger partial charge in [-0.05, 0) is 104 Å². The van der Waals surface area contributed by atoms with E-state index in [1.54, 1.807) is 7.11 Å². The highest BCUT2D eigenvalue weighted by Crippen LogP contribution is 2.60. The number of hydrogen-bond donors (Lipinski definition) is 1. The van der Waals surface area contributed by atoms with Crippen molar-refractivity contribution in [1.82, 2.24) is 0 Å². The van der Waals surface area contributed by atoms with Crippen LogP contribution >= 0.6 is 0 Å². The number of ether oxygens (including phenoxy) is 2. The molecule has 0 aromatic heterocycles. The van der Waals surface area contributed by atoms with E-state index in [2.05, 4.69) is 50.5 Å². The van der Waals surface area contributed by atoms with Gasteiger partial charge in [0, 0.05) is 5.56 Å². The van der Waals surface area contributed by atoms with E-state index in [0.717, 1.165) is 35.8 Å². The van der Waals surface area contributed by atoms with Gasteiger partial charge < -0.3 is 19.1 Å². The first-order chi connectivity index (χ1) is 15.8. The molecule has 4 heteroatoms. The van der Waals surface area contributed by atoms with E-state index in [0.29, 0.717) is 23.0 Å². The molecule has 4 saturated carbocycles. The monoisotopic (exact) mass is 450 g/mol. The minimum Gasteiger partial charge on any atom is -0.497 e. The third-order valence-corrected chi connectivity index (χ3v) is 8.42. The normalized spacial score (nSPS) is 29.2. The van der Waals surface area contributed by atoms with E-state index in [1.165, 1.54) is 49.7 Å². The Balaban J connectivity index is 1.13. The summed E-state index contributed by atoms with van der Waals surface area (Å²) in [6.45, 7) is 1.80. The van der Waals surface area contributed by atoms with Gasteiger partial charge in [-0.2, -0.15) is 0 Å². The topological polar surface area (TPSA) is 38.7 Å². The number of rotatable bonds is 9. The van der Waals surface area contributed by atoms with Crippen molar-refractivity contribution in [3.05, 3.63) is 59.7 Å². The van der Waals surface area contributed by atoms with Crippen LogP contribution in [0, 0.1) is 17.8 Å². The zero-order chi connectivity index (χ0) is 23.1. The number of nitrogens with zero attached hydrogens (tertiary/aromatic N) is 1. The standard InChI is InChI=1S/C29H40NO3/c1-30(2,18-21-4-8-27(32-3)9-5-21)19-26(31)20-33-28-10-6-25(7-11-28)29-15-22-12-23(16-29)14-24(13-22)17-29/h4-11,22-24,26,31H,12-20H2,1-3H3/q+1/t22?,23?,24?,26-,29?/m1/s1. The molecule has 4 bridgehead atoms. The summed E-state index contributed by atoms with van der Waals surface area (Å²) in [5.41, 5.74) is 3.18. The Morgan fingerprint density at radius 3 is 1.97 bits per heavy atom. The SMILES string of the molecule is COc1ccc(C[N+](C)(C)C[C@@H](O)COc2ccc(C34CC5CC(CC(C5)C3)C4)cc2)cc1. The van der Waals surface area contributed by atoms with Crippen molar-refractivity contribution >= 4 is 0 Å². The Bertz CT molecular complexity index is 899. The molecule has 0 spiro atoms. The number of aliphatic hydroxyl groups is 1. The second kappa shape index (κ2) is 8.96. The predicted molar refractivity (Wildman–Crippen MR) is 131 cm³/mol. The summed E-state index contributed by atoms with van der Waals surface area (Å²) in [6.07, 6.45) is 8.08. The van der Waals surface area contributed by atoms with Gasteiger partial charge in [0.05, 0.1) is 21.2 Å². The number of benzene rings is 2. The maximum Gasteiger partial charge on any atom is 0.137 e. The molecule has 0 radical (unpaired) electrons. The Morgan fingerprint density at radius 1 is 0.879 bits per heavy atom. The first-order valence-electron chi connectivity index (χ1n) is 12.7. The van der Waals surface area contributed by atoms with Gasteiger partial charge in [-0.3, -0.25) is 0 Å². The lowest BCUT2D eigenvalue weighted by Gasteiger charge is -2.57. The van der Waals surface area contributed by atoms with Gasteiger partial charge >= 0.3 is 0 Å². The number of hydrogen-bond acceptors (Lipinski definition) is 3. The summed E-state index contributed by atoms with van der Waals surface area (Å²) in [5.74, 6) is 4.61. The van der Waals surface area contributed by atoms with Crippen LogP contribution in [0.2, 0.25) is 0 Å². The van der Waals surface area contributed by atoms with E-state index in [4.69, 9.17) is 9.47 Å². The third-order valence-electron chi connectivity index (χ3n) is 8.42. The molecule has 1 N–H and O–H groups in total. The van der Waals surface area contributed by atoms with Crippen molar-refractivity contribution in [3.8, 4) is 11.5 Å². The van der Waals surface area contributed by atoms with Crippen molar-refractivity contribution in [2.24, 2.45) is 17.8 Å². The molecular formula is C29H40NO3+. The lowest BCUT2D eigenvalue weighted by atomic mass is 9.48. The van der Waals surface area contributed by atoms with Crippen molar-refractivity contribution in [1.29, 1.82) is 0 Å². The highest BCUT2D eigenvalue weighted by molar-refractivity contribution is 5.34. The fraction of sp³-hybridized carbons (Fsp3) is 0.586. The van der Waals surface area contributed by atoms with Crippen LogP contribution in [0.4, 0.5) is 0 Å². The van der Waals surface area contributed by atoms with Gasteiger partial charge in [-0.15, -0.1) is 0 Å². The molecule has 0 amide bonds. The first-order valence-corrected chi connectivity index (χ1v) is 12.7. The molecule has 4 fully saturated rings. The van der Waals surface area contributed by atoms with Crippen LogP contribution in [-0.4, -0.2) is 50.1 Å². The zero-order valence-electron chi connectivity index (χ0n) is 20.5. The zero-order valence-corrected chi connectivity index (χ0v) is 20.5. The number of likely N-dealkylation sites (N-methyl/N-ethyl adjacent to an activating group) is 1. The summed E-state index contributed by atoms with van der Waals surface area (Å²) < 4.78 is 11.9. The largest absolute Gasteiger partial charge is 0.497 e. The van der Waals surface area contributed by atoms with Gasteiger partial charge in [0.25, 0.3) is 0 Å². The molecule has 2 aromatic carbocycles. The lowest BCUT2D eigenvalue weighted by molar-refractivity contribution is -0.906. The molecule has 4 aliphatic carbocycles.